The monoisotopic (exact) mass is 434 g/mol. The molecule has 1 atom stereocenters. The topological polar surface area (TPSA) is 18.5 Å². The van der Waals surface area contributed by atoms with E-state index in [1.54, 1.807) is 19.1 Å². The lowest BCUT2D eigenvalue weighted by molar-refractivity contribution is -0.00108. The van der Waals surface area contributed by atoms with E-state index in [0.717, 1.165) is 5.56 Å². The van der Waals surface area contributed by atoms with Crippen molar-refractivity contribution < 1.29 is 18.3 Å². The lowest BCUT2D eigenvalue weighted by Crippen LogP contribution is -2.29. The Morgan fingerprint density at radius 1 is 1.07 bits per heavy atom. The van der Waals surface area contributed by atoms with E-state index in [1.807, 2.05) is 42.5 Å². The fourth-order valence-electron chi connectivity index (χ4n) is 3.19. The van der Waals surface area contributed by atoms with Gasteiger partial charge in [-0.25, -0.2) is 4.39 Å². The highest BCUT2D eigenvalue weighted by Crippen LogP contribution is 2.39. The van der Waals surface area contributed by atoms with Gasteiger partial charge in [-0.3, -0.25) is 0 Å². The van der Waals surface area contributed by atoms with Crippen LogP contribution in [-0.4, -0.2) is 18.5 Å². The Labute approximate surface area is 166 Å². The van der Waals surface area contributed by atoms with E-state index < -0.39 is 17.2 Å². The summed E-state index contributed by atoms with van der Waals surface area (Å²) in [6, 6.07) is 12.9. The molecule has 1 unspecified atom stereocenters. The first-order valence-corrected chi connectivity index (χ1v) is 9.99. The SMILES string of the molecule is CCOc1ccc(C2=CCC(OCCBr)(c3ccccc3)C=C2)c(F)c1F. The van der Waals surface area contributed by atoms with Crippen LogP contribution >= 0.6 is 15.9 Å². The molecule has 2 aromatic rings. The van der Waals surface area contributed by atoms with Crippen molar-refractivity contribution in [2.75, 3.05) is 18.5 Å². The summed E-state index contributed by atoms with van der Waals surface area (Å²) in [5.74, 6) is -1.93. The van der Waals surface area contributed by atoms with E-state index in [0.29, 0.717) is 23.9 Å². The van der Waals surface area contributed by atoms with Gasteiger partial charge in [-0.2, -0.15) is 4.39 Å². The van der Waals surface area contributed by atoms with Crippen molar-refractivity contribution in [3.8, 4) is 5.75 Å². The fourth-order valence-corrected chi connectivity index (χ4v) is 3.35. The number of rotatable bonds is 7. The minimum absolute atomic E-state index is 0.0709. The molecule has 27 heavy (non-hydrogen) atoms. The van der Waals surface area contributed by atoms with Crippen molar-refractivity contribution in [3.05, 3.63) is 83.5 Å². The van der Waals surface area contributed by atoms with Crippen molar-refractivity contribution in [1.29, 1.82) is 0 Å². The zero-order valence-electron chi connectivity index (χ0n) is 15.1. The molecule has 0 heterocycles. The lowest BCUT2D eigenvalue weighted by Gasteiger charge is -2.33. The molecule has 2 aromatic carbocycles. The minimum atomic E-state index is -0.959. The third-order valence-electron chi connectivity index (χ3n) is 4.51. The van der Waals surface area contributed by atoms with E-state index in [9.17, 15) is 8.78 Å². The number of hydrogen-bond donors (Lipinski definition) is 0. The molecular weight excluding hydrogens is 414 g/mol. The first kappa shape index (κ1) is 19.8. The second-order valence-electron chi connectivity index (χ2n) is 6.16. The van der Waals surface area contributed by atoms with Crippen LogP contribution in [0.2, 0.25) is 0 Å². The highest BCUT2D eigenvalue weighted by atomic mass is 79.9. The van der Waals surface area contributed by atoms with Crippen LogP contribution in [0, 0.1) is 11.6 Å². The summed E-state index contributed by atoms with van der Waals surface area (Å²) in [5, 5.41) is 0.713. The van der Waals surface area contributed by atoms with Crippen LogP contribution < -0.4 is 4.74 Å². The highest BCUT2D eigenvalue weighted by Gasteiger charge is 2.32. The second kappa shape index (κ2) is 8.81. The summed E-state index contributed by atoms with van der Waals surface area (Å²) >= 11 is 3.39. The summed E-state index contributed by atoms with van der Waals surface area (Å²) in [6.07, 6.45) is 6.14. The lowest BCUT2D eigenvalue weighted by atomic mass is 9.84. The molecule has 0 amide bonds. The van der Waals surface area contributed by atoms with Crippen LogP contribution in [0.15, 0.2) is 60.7 Å². The maximum atomic E-state index is 14.5. The number of benzene rings is 2. The third kappa shape index (κ3) is 4.14. The van der Waals surface area contributed by atoms with E-state index in [2.05, 4.69) is 15.9 Å². The van der Waals surface area contributed by atoms with Gasteiger partial charge in [0.05, 0.1) is 13.2 Å². The highest BCUT2D eigenvalue weighted by molar-refractivity contribution is 9.09. The molecule has 0 spiro atoms. The van der Waals surface area contributed by atoms with E-state index in [4.69, 9.17) is 9.47 Å². The van der Waals surface area contributed by atoms with Gasteiger partial charge < -0.3 is 9.47 Å². The molecule has 0 aliphatic heterocycles. The summed E-state index contributed by atoms with van der Waals surface area (Å²) in [4.78, 5) is 0. The predicted octanol–water partition coefficient (Wildman–Crippen LogP) is 6.01. The summed E-state index contributed by atoms with van der Waals surface area (Å²) in [6.45, 7) is 2.55. The normalized spacial score (nSPS) is 19.0. The van der Waals surface area contributed by atoms with Crippen molar-refractivity contribution in [2.45, 2.75) is 18.9 Å². The maximum absolute atomic E-state index is 14.5. The number of hydrogen-bond acceptors (Lipinski definition) is 2. The third-order valence-corrected chi connectivity index (χ3v) is 4.84. The van der Waals surface area contributed by atoms with Crippen LogP contribution in [-0.2, 0) is 10.3 Å². The zero-order valence-corrected chi connectivity index (χ0v) is 16.6. The van der Waals surface area contributed by atoms with Gasteiger partial charge in [0.25, 0.3) is 0 Å². The van der Waals surface area contributed by atoms with Crippen LogP contribution in [0.1, 0.15) is 24.5 Å². The average molecular weight is 435 g/mol. The molecule has 5 heteroatoms. The summed E-state index contributed by atoms with van der Waals surface area (Å²) in [5.41, 5.74) is 1.26. The van der Waals surface area contributed by atoms with Gasteiger partial charge in [-0.1, -0.05) is 58.4 Å². The molecule has 1 aliphatic rings. The molecule has 0 saturated carbocycles. The molecule has 1 aliphatic carbocycles. The van der Waals surface area contributed by atoms with Gasteiger partial charge in [-0.15, -0.1) is 0 Å². The molecule has 0 radical (unpaired) electrons. The quantitative estimate of drug-likeness (QED) is 0.496. The van der Waals surface area contributed by atoms with Crippen LogP contribution in [0.3, 0.4) is 0 Å². The van der Waals surface area contributed by atoms with Gasteiger partial charge in [0.1, 0.15) is 5.60 Å². The minimum Gasteiger partial charge on any atom is -0.491 e. The van der Waals surface area contributed by atoms with Crippen LogP contribution in [0.5, 0.6) is 5.75 Å². The Kier molecular flexibility index (Phi) is 6.45. The molecule has 0 N–H and O–H groups in total. The average Bonchev–Trinajstić information content (AvgIpc) is 2.71. The maximum Gasteiger partial charge on any atom is 0.201 e. The first-order chi connectivity index (χ1) is 13.1. The van der Waals surface area contributed by atoms with Crippen molar-refractivity contribution >= 4 is 21.5 Å². The Balaban J connectivity index is 1.91. The molecule has 0 bridgehead atoms. The molecule has 0 aromatic heterocycles. The zero-order chi connectivity index (χ0) is 19.3. The number of halogens is 3. The van der Waals surface area contributed by atoms with Gasteiger partial charge in [0.15, 0.2) is 11.6 Å². The predicted molar refractivity (Wildman–Crippen MR) is 107 cm³/mol. The van der Waals surface area contributed by atoms with Crippen LogP contribution in [0.25, 0.3) is 5.57 Å². The van der Waals surface area contributed by atoms with Gasteiger partial charge in [0.2, 0.25) is 5.82 Å². The molecule has 0 saturated heterocycles. The molecule has 2 nitrogen and oxygen atoms in total. The van der Waals surface area contributed by atoms with E-state index in [1.165, 1.54) is 6.07 Å². The van der Waals surface area contributed by atoms with E-state index >= 15 is 0 Å². The Bertz CT molecular complexity index is 849. The first-order valence-electron chi connectivity index (χ1n) is 8.87. The Hall–Kier alpha value is -1.98. The molecule has 142 valence electrons. The van der Waals surface area contributed by atoms with Crippen LogP contribution in [0.4, 0.5) is 8.78 Å². The number of alkyl halides is 1. The van der Waals surface area contributed by atoms with Gasteiger partial charge >= 0.3 is 0 Å². The standard InChI is InChI=1S/C22H21BrF2O2/c1-2-26-19-9-8-18(20(24)21(19)25)16-10-12-22(13-11-16,27-15-14-23)17-6-4-3-5-7-17/h3-12H,2,13-15H2,1H3. The molecule has 0 fully saturated rings. The van der Waals surface area contributed by atoms with Gasteiger partial charge in [-0.05, 0) is 36.3 Å². The molecular formula is C22H21BrF2O2. The number of ether oxygens (including phenoxy) is 2. The Morgan fingerprint density at radius 3 is 2.48 bits per heavy atom. The molecule has 3 rings (SSSR count). The second-order valence-corrected chi connectivity index (χ2v) is 6.96. The van der Waals surface area contributed by atoms with E-state index in [-0.39, 0.29) is 17.9 Å². The smallest absolute Gasteiger partial charge is 0.201 e. The largest absolute Gasteiger partial charge is 0.491 e. The van der Waals surface area contributed by atoms with Gasteiger partial charge in [0, 0.05) is 17.3 Å². The fraction of sp³-hybridized carbons (Fsp3) is 0.273. The summed E-state index contributed by atoms with van der Waals surface area (Å²) < 4.78 is 40.0. The van der Waals surface area contributed by atoms with Crippen molar-refractivity contribution in [2.24, 2.45) is 0 Å². The Morgan fingerprint density at radius 2 is 1.85 bits per heavy atom. The number of allylic oxidation sites excluding steroid dienone is 2. The summed E-state index contributed by atoms with van der Waals surface area (Å²) in [7, 11) is 0. The van der Waals surface area contributed by atoms with Crippen molar-refractivity contribution in [1.82, 2.24) is 0 Å². The van der Waals surface area contributed by atoms with Crippen molar-refractivity contribution in [3.63, 3.8) is 0 Å².